The third kappa shape index (κ3) is 13.6. The van der Waals surface area contributed by atoms with Gasteiger partial charge in [0.05, 0.1) is 25.1 Å². The van der Waals surface area contributed by atoms with Crippen LogP contribution in [0.1, 0.15) is 241 Å². The summed E-state index contributed by atoms with van der Waals surface area (Å²) in [6, 6.07) is 37.5. The highest BCUT2D eigenvalue weighted by Crippen LogP contribution is 2.49. The van der Waals surface area contributed by atoms with Gasteiger partial charge < -0.3 is 36.6 Å². The third-order valence-electron chi connectivity index (χ3n) is 15.3. The number of esters is 4. The summed E-state index contributed by atoms with van der Waals surface area (Å²) >= 11 is 0. The fourth-order valence-electron chi connectivity index (χ4n) is 11.2. The first-order chi connectivity index (χ1) is 39.2. The van der Waals surface area contributed by atoms with Crippen LogP contribution >= 0.6 is 0 Å². The number of hydrogen-bond donors (Lipinski definition) is 0. The van der Waals surface area contributed by atoms with Crippen LogP contribution in [0.4, 0.5) is 0 Å². The van der Waals surface area contributed by atoms with E-state index in [4.69, 9.17) is 36.6 Å². The van der Waals surface area contributed by atoms with Gasteiger partial charge in [-0.15, -0.1) is 0 Å². The van der Waals surface area contributed by atoms with Crippen LogP contribution in [0, 0.1) is 0 Å². The first-order valence-electron chi connectivity index (χ1n) is 28.8. The SMILES string of the molecule is CCCCCC1c2cccc(c2)C(CCCCC)c2cc(c(OC(=O)c3ccco3)cc2OC(=O)c2ccco2)C(CCCCC)c2cccc(c2)C(CCCCC)c2cc1c(OC(=O)c1ccco1)cc2OC(=O)c1ccco1. The van der Waals surface area contributed by atoms with E-state index in [9.17, 15) is 19.2 Å². The molecule has 0 saturated heterocycles. The summed E-state index contributed by atoms with van der Waals surface area (Å²) in [5.74, 6) is -3.09. The van der Waals surface area contributed by atoms with Crippen molar-refractivity contribution in [2.24, 2.45) is 0 Å². The Bertz CT molecular complexity index is 2850. The molecule has 0 fully saturated rings. The summed E-state index contributed by atoms with van der Waals surface area (Å²) in [5.41, 5.74) is 6.95. The van der Waals surface area contributed by atoms with E-state index in [1.165, 1.54) is 25.1 Å². The second-order valence-electron chi connectivity index (χ2n) is 20.9. The largest absolute Gasteiger partial charge is 0.457 e. The lowest BCUT2D eigenvalue weighted by atomic mass is 9.77. The molecule has 4 aromatic carbocycles. The number of fused-ring (bicyclic) bond motifs is 8. The molecule has 80 heavy (non-hydrogen) atoms. The first-order valence-corrected chi connectivity index (χ1v) is 28.8. The molecule has 0 saturated carbocycles. The molecule has 416 valence electrons. The van der Waals surface area contributed by atoms with Crippen molar-refractivity contribution in [3.8, 4) is 23.0 Å². The lowest BCUT2D eigenvalue weighted by Crippen LogP contribution is -2.17. The Morgan fingerprint density at radius 3 is 0.787 bits per heavy atom. The van der Waals surface area contributed by atoms with Gasteiger partial charge in [-0.3, -0.25) is 0 Å². The Balaban J connectivity index is 1.36. The molecule has 1 aliphatic carbocycles. The van der Waals surface area contributed by atoms with Crippen molar-refractivity contribution in [2.45, 2.75) is 154 Å². The lowest BCUT2D eigenvalue weighted by Gasteiger charge is -2.29. The van der Waals surface area contributed by atoms with E-state index in [-0.39, 0.29) is 69.7 Å². The van der Waals surface area contributed by atoms with Crippen molar-refractivity contribution in [3.63, 3.8) is 0 Å². The van der Waals surface area contributed by atoms with E-state index in [0.29, 0.717) is 25.7 Å². The molecule has 4 heterocycles. The highest BCUT2D eigenvalue weighted by atomic mass is 16.6. The van der Waals surface area contributed by atoms with Crippen LogP contribution in [0.3, 0.4) is 0 Å². The minimum atomic E-state index is -0.696. The van der Waals surface area contributed by atoms with Crippen molar-refractivity contribution in [3.05, 3.63) is 214 Å². The minimum Gasteiger partial charge on any atom is -0.457 e. The summed E-state index contributed by atoms with van der Waals surface area (Å²) in [4.78, 5) is 56.8. The van der Waals surface area contributed by atoms with Crippen molar-refractivity contribution >= 4 is 23.9 Å². The summed E-state index contributed by atoms with van der Waals surface area (Å²) in [7, 11) is 0. The highest BCUT2D eigenvalue weighted by Gasteiger charge is 2.33. The molecular weight excluding hydrogens is 1010 g/mol. The molecule has 0 radical (unpaired) electrons. The molecule has 0 spiro atoms. The van der Waals surface area contributed by atoms with Gasteiger partial charge in [0.25, 0.3) is 0 Å². The molecular formula is C68H72O12. The molecule has 9 rings (SSSR count). The van der Waals surface area contributed by atoms with E-state index >= 15 is 0 Å². The van der Waals surface area contributed by atoms with Crippen LogP contribution in [0.5, 0.6) is 23.0 Å². The quantitative estimate of drug-likeness (QED) is 0.0321. The maximum Gasteiger partial charge on any atom is 0.379 e. The van der Waals surface area contributed by atoms with Crippen LogP contribution in [-0.4, -0.2) is 23.9 Å². The molecule has 4 atom stereocenters. The molecule has 4 unspecified atom stereocenters. The number of rotatable bonds is 24. The number of benzene rings is 4. The molecule has 12 heteroatoms. The smallest absolute Gasteiger partial charge is 0.379 e. The number of unbranched alkanes of at least 4 members (excludes halogenated alkanes) is 8. The number of hydrogen-bond acceptors (Lipinski definition) is 12. The number of carbonyl (C=O) groups is 4. The van der Waals surface area contributed by atoms with E-state index in [1.807, 2.05) is 0 Å². The van der Waals surface area contributed by atoms with Gasteiger partial charge in [0.1, 0.15) is 23.0 Å². The topological polar surface area (TPSA) is 158 Å². The molecule has 4 aromatic heterocycles. The van der Waals surface area contributed by atoms with Crippen LogP contribution in [0.25, 0.3) is 0 Å². The molecule has 0 aliphatic heterocycles. The number of ether oxygens (including phenoxy) is 4. The zero-order chi connectivity index (χ0) is 55.8. The lowest BCUT2D eigenvalue weighted by molar-refractivity contribution is 0.0678. The molecule has 0 N–H and O–H groups in total. The highest BCUT2D eigenvalue weighted by molar-refractivity contribution is 5.91. The van der Waals surface area contributed by atoms with E-state index < -0.39 is 23.9 Å². The van der Waals surface area contributed by atoms with Gasteiger partial charge in [0.2, 0.25) is 23.0 Å². The predicted octanol–water partition coefficient (Wildman–Crippen LogP) is 18.1. The van der Waals surface area contributed by atoms with Crippen molar-refractivity contribution in [1.29, 1.82) is 0 Å². The van der Waals surface area contributed by atoms with E-state index in [0.717, 1.165) is 122 Å². The number of carbonyl (C=O) groups excluding carboxylic acids is 4. The average Bonchev–Trinajstić information content (AvgIpc) is 4.35. The van der Waals surface area contributed by atoms with E-state index in [1.54, 1.807) is 60.7 Å². The first kappa shape index (κ1) is 56.6. The third-order valence-corrected chi connectivity index (χ3v) is 15.3. The summed E-state index contributed by atoms with van der Waals surface area (Å²) in [5, 5.41) is 0. The predicted molar refractivity (Wildman–Crippen MR) is 304 cm³/mol. The van der Waals surface area contributed by atoms with Crippen molar-refractivity contribution < 1.29 is 55.8 Å². The zero-order valence-electron chi connectivity index (χ0n) is 46.4. The Kier molecular flexibility index (Phi) is 19.6. The zero-order valence-corrected chi connectivity index (χ0v) is 46.4. The maximum absolute atomic E-state index is 14.2. The van der Waals surface area contributed by atoms with Crippen LogP contribution in [0.2, 0.25) is 0 Å². The second-order valence-corrected chi connectivity index (χ2v) is 20.9. The molecule has 12 nitrogen and oxygen atoms in total. The summed E-state index contributed by atoms with van der Waals surface area (Å²) in [6.45, 7) is 8.70. The van der Waals surface area contributed by atoms with Gasteiger partial charge in [-0.2, -0.15) is 0 Å². The second kappa shape index (κ2) is 27.7. The standard InChI is InChI=1S/C68H72O12/c1-5-9-13-27-49-45-23-17-24-46(39-45)50(28-14-10-6-2)55-42-56(64(80-68(72)60-34-22-38-76-60)44-63(55)79-67(71)59-33-21-37-75-59)52(30-16-12-8-4)48-26-18-25-47(40-48)51(29-15-11-7-3)54-41-53(49)61(77-65(69)57-31-19-35-73-57)43-62(54)78-66(70)58-32-20-36-74-58/h17-26,31-44,49-52H,5-16,27-30H2,1-4H3. The van der Waals surface area contributed by atoms with Crippen LogP contribution in [0.15, 0.2) is 164 Å². The molecule has 0 amide bonds. The van der Waals surface area contributed by atoms with Gasteiger partial charge in [-0.05, 0) is 109 Å². The van der Waals surface area contributed by atoms with Gasteiger partial charge in [0, 0.05) is 58.1 Å². The Morgan fingerprint density at radius 1 is 0.325 bits per heavy atom. The minimum absolute atomic E-state index is 0.0236. The summed E-state index contributed by atoms with van der Waals surface area (Å²) < 4.78 is 48.2. The molecule has 8 bridgehead atoms. The van der Waals surface area contributed by atoms with Gasteiger partial charge in [-0.1, -0.05) is 153 Å². The Labute approximate surface area is 468 Å². The Morgan fingerprint density at radius 2 is 0.575 bits per heavy atom. The van der Waals surface area contributed by atoms with Crippen LogP contribution in [-0.2, 0) is 0 Å². The van der Waals surface area contributed by atoms with Gasteiger partial charge >= 0.3 is 23.9 Å². The molecule has 1 aliphatic rings. The maximum atomic E-state index is 14.2. The van der Waals surface area contributed by atoms with Crippen LogP contribution < -0.4 is 18.9 Å². The van der Waals surface area contributed by atoms with E-state index in [2.05, 4.69) is 88.4 Å². The fourth-order valence-corrected chi connectivity index (χ4v) is 11.2. The van der Waals surface area contributed by atoms with Gasteiger partial charge in [-0.25, -0.2) is 19.2 Å². The summed E-state index contributed by atoms with van der Waals surface area (Å²) in [6.07, 6.45) is 19.6. The molecule has 8 aromatic rings. The normalized spacial score (nSPS) is 15.8. The van der Waals surface area contributed by atoms with Crippen molar-refractivity contribution in [2.75, 3.05) is 0 Å². The van der Waals surface area contributed by atoms with Gasteiger partial charge in [0.15, 0.2) is 0 Å². The fraction of sp³-hybridized carbons (Fsp3) is 0.353. The average molecular weight is 1080 g/mol. The monoisotopic (exact) mass is 1080 g/mol. The van der Waals surface area contributed by atoms with Crippen molar-refractivity contribution in [1.82, 2.24) is 0 Å². The number of furan rings is 4. The Hall–Kier alpha value is -8.12.